The molecule has 0 spiro atoms. The van der Waals surface area contributed by atoms with E-state index in [1.54, 1.807) is 0 Å². The molecule has 0 saturated heterocycles. The van der Waals surface area contributed by atoms with Crippen molar-refractivity contribution in [1.29, 1.82) is 5.26 Å². The minimum absolute atomic E-state index is 0.668. The highest BCUT2D eigenvalue weighted by molar-refractivity contribution is 5.76. The van der Waals surface area contributed by atoms with Crippen molar-refractivity contribution in [3.8, 4) is 6.07 Å². The van der Waals surface area contributed by atoms with Crippen LogP contribution < -0.4 is 0 Å². The van der Waals surface area contributed by atoms with E-state index in [1.807, 2.05) is 24.5 Å². The van der Waals surface area contributed by atoms with E-state index >= 15 is 0 Å². The molecular formula is C13H15N3. The number of nitriles is 1. The Morgan fingerprint density at radius 2 is 2.25 bits per heavy atom. The van der Waals surface area contributed by atoms with Gasteiger partial charge in [-0.05, 0) is 30.5 Å². The maximum atomic E-state index is 8.80. The molecule has 1 aromatic carbocycles. The number of benzene rings is 1. The third-order valence-electron chi connectivity index (χ3n) is 2.70. The van der Waals surface area contributed by atoms with Crippen molar-refractivity contribution in [3.63, 3.8) is 0 Å². The molecule has 0 amide bonds. The summed E-state index contributed by atoms with van der Waals surface area (Å²) in [6.07, 6.45) is 3.00. The summed E-state index contributed by atoms with van der Waals surface area (Å²) in [5.74, 6) is 0.691. The number of aryl methyl sites for hydroxylation is 1. The summed E-state index contributed by atoms with van der Waals surface area (Å²) in [4.78, 5) is 4.32. The molecule has 0 saturated carbocycles. The van der Waals surface area contributed by atoms with Crippen molar-refractivity contribution in [2.75, 3.05) is 0 Å². The normalized spacial score (nSPS) is 10.9. The first-order valence-corrected chi connectivity index (χ1v) is 5.55. The number of hydrogen-bond donors (Lipinski definition) is 0. The highest BCUT2D eigenvalue weighted by Crippen LogP contribution is 2.15. The van der Waals surface area contributed by atoms with Crippen molar-refractivity contribution >= 4 is 11.0 Å². The Bertz CT molecular complexity index is 532. The molecule has 0 aliphatic carbocycles. The van der Waals surface area contributed by atoms with Crippen LogP contribution in [0, 0.1) is 17.2 Å². The average molecular weight is 213 g/mol. The summed E-state index contributed by atoms with van der Waals surface area (Å²) in [6, 6.07) is 7.78. The first-order chi connectivity index (χ1) is 7.70. The molecule has 3 heteroatoms. The SMILES string of the molecule is CC(C)CCn1cnc2cc(C#N)ccc21. The van der Waals surface area contributed by atoms with Crippen LogP contribution in [0.25, 0.3) is 11.0 Å². The maximum absolute atomic E-state index is 8.80. The van der Waals surface area contributed by atoms with Gasteiger partial charge in [0.1, 0.15) is 0 Å². The lowest BCUT2D eigenvalue weighted by molar-refractivity contribution is 0.523. The Labute approximate surface area is 95.3 Å². The van der Waals surface area contributed by atoms with E-state index in [-0.39, 0.29) is 0 Å². The largest absolute Gasteiger partial charge is 0.331 e. The fourth-order valence-electron chi connectivity index (χ4n) is 1.71. The topological polar surface area (TPSA) is 41.6 Å². The van der Waals surface area contributed by atoms with Gasteiger partial charge < -0.3 is 4.57 Å². The molecule has 0 bridgehead atoms. The second kappa shape index (κ2) is 4.36. The van der Waals surface area contributed by atoms with Crippen LogP contribution in [-0.2, 0) is 6.54 Å². The summed E-state index contributed by atoms with van der Waals surface area (Å²) in [5, 5.41) is 8.80. The number of imidazole rings is 1. The predicted molar refractivity (Wildman–Crippen MR) is 63.9 cm³/mol. The van der Waals surface area contributed by atoms with Gasteiger partial charge in [-0.25, -0.2) is 4.98 Å². The summed E-state index contributed by atoms with van der Waals surface area (Å²) in [7, 11) is 0. The van der Waals surface area contributed by atoms with Gasteiger partial charge in [-0.15, -0.1) is 0 Å². The molecule has 0 fully saturated rings. The van der Waals surface area contributed by atoms with Crippen molar-refractivity contribution in [3.05, 3.63) is 30.1 Å². The summed E-state index contributed by atoms with van der Waals surface area (Å²) >= 11 is 0. The lowest BCUT2D eigenvalue weighted by atomic mass is 10.1. The highest BCUT2D eigenvalue weighted by atomic mass is 15.0. The van der Waals surface area contributed by atoms with Crippen LogP contribution in [0.1, 0.15) is 25.8 Å². The van der Waals surface area contributed by atoms with Crippen molar-refractivity contribution in [2.24, 2.45) is 5.92 Å². The number of rotatable bonds is 3. The van der Waals surface area contributed by atoms with Gasteiger partial charge in [-0.2, -0.15) is 5.26 Å². The van der Waals surface area contributed by atoms with Gasteiger partial charge in [0, 0.05) is 6.54 Å². The van der Waals surface area contributed by atoms with Crippen molar-refractivity contribution < 1.29 is 0 Å². The van der Waals surface area contributed by atoms with Gasteiger partial charge in [-0.3, -0.25) is 0 Å². The molecule has 0 aliphatic rings. The molecule has 0 radical (unpaired) electrons. The second-order valence-corrected chi connectivity index (χ2v) is 4.44. The van der Waals surface area contributed by atoms with Gasteiger partial charge in [0.15, 0.2) is 0 Å². The van der Waals surface area contributed by atoms with Gasteiger partial charge in [0.05, 0.1) is 29.0 Å². The molecule has 2 rings (SSSR count). The number of fused-ring (bicyclic) bond motifs is 1. The zero-order valence-corrected chi connectivity index (χ0v) is 9.64. The predicted octanol–water partition coefficient (Wildman–Crippen LogP) is 2.95. The van der Waals surface area contributed by atoms with E-state index in [2.05, 4.69) is 29.5 Å². The van der Waals surface area contributed by atoms with Crippen LogP contribution in [0.2, 0.25) is 0 Å². The van der Waals surface area contributed by atoms with Gasteiger partial charge >= 0.3 is 0 Å². The van der Waals surface area contributed by atoms with E-state index < -0.39 is 0 Å². The maximum Gasteiger partial charge on any atom is 0.0992 e. The Hall–Kier alpha value is -1.82. The molecule has 2 aromatic rings. The monoisotopic (exact) mass is 213 g/mol. The Balaban J connectivity index is 2.31. The zero-order chi connectivity index (χ0) is 11.5. The molecule has 1 heterocycles. The van der Waals surface area contributed by atoms with Gasteiger partial charge in [-0.1, -0.05) is 13.8 Å². The lowest BCUT2D eigenvalue weighted by Gasteiger charge is -2.06. The smallest absolute Gasteiger partial charge is 0.0992 e. The second-order valence-electron chi connectivity index (χ2n) is 4.44. The highest BCUT2D eigenvalue weighted by Gasteiger charge is 2.04. The van der Waals surface area contributed by atoms with E-state index in [0.717, 1.165) is 24.0 Å². The molecule has 82 valence electrons. The Morgan fingerprint density at radius 3 is 2.94 bits per heavy atom. The molecule has 3 nitrogen and oxygen atoms in total. The van der Waals surface area contributed by atoms with Crippen molar-refractivity contribution in [1.82, 2.24) is 9.55 Å². The molecule has 0 aliphatic heterocycles. The van der Waals surface area contributed by atoms with E-state index in [4.69, 9.17) is 5.26 Å². The minimum atomic E-state index is 0.668. The van der Waals surface area contributed by atoms with Crippen LogP contribution in [-0.4, -0.2) is 9.55 Å². The van der Waals surface area contributed by atoms with E-state index in [0.29, 0.717) is 11.5 Å². The van der Waals surface area contributed by atoms with E-state index in [9.17, 15) is 0 Å². The van der Waals surface area contributed by atoms with Crippen LogP contribution in [0.15, 0.2) is 24.5 Å². The first-order valence-electron chi connectivity index (χ1n) is 5.55. The minimum Gasteiger partial charge on any atom is -0.331 e. The van der Waals surface area contributed by atoms with Crippen LogP contribution in [0.3, 0.4) is 0 Å². The molecule has 1 aromatic heterocycles. The van der Waals surface area contributed by atoms with E-state index in [1.165, 1.54) is 0 Å². The summed E-state index contributed by atoms with van der Waals surface area (Å²) in [6.45, 7) is 5.42. The zero-order valence-electron chi connectivity index (χ0n) is 9.64. The van der Waals surface area contributed by atoms with Crippen molar-refractivity contribution in [2.45, 2.75) is 26.8 Å². The Kier molecular flexibility index (Phi) is 2.91. The fourth-order valence-corrected chi connectivity index (χ4v) is 1.71. The van der Waals surface area contributed by atoms with Gasteiger partial charge in [0.2, 0.25) is 0 Å². The molecule has 0 atom stereocenters. The number of nitrogens with zero attached hydrogens (tertiary/aromatic N) is 3. The molecule has 0 unspecified atom stereocenters. The summed E-state index contributed by atoms with van der Waals surface area (Å²) < 4.78 is 2.15. The lowest BCUT2D eigenvalue weighted by Crippen LogP contribution is -1.99. The standard InChI is InChI=1S/C13H15N3/c1-10(2)5-6-16-9-15-12-7-11(8-14)3-4-13(12)16/h3-4,7,9-10H,5-6H2,1-2H3. The molecule has 16 heavy (non-hydrogen) atoms. The third-order valence-corrected chi connectivity index (χ3v) is 2.70. The Morgan fingerprint density at radius 1 is 1.44 bits per heavy atom. The quantitative estimate of drug-likeness (QED) is 0.786. The van der Waals surface area contributed by atoms with Crippen LogP contribution in [0.5, 0.6) is 0 Å². The van der Waals surface area contributed by atoms with Crippen LogP contribution >= 0.6 is 0 Å². The fraction of sp³-hybridized carbons (Fsp3) is 0.385. The summed E-state index contributed by atoms with van der Waals surface area (Å²) in [5.41, 5.74) is 2.68. The first kappa shape index (κ1) is 10.7. The van der Waals surface area contributed by atoms with Gasteiger partial charge in [0.25, 0.3) is 0 Å². The number of hydrogen-bond acceptors (Lipinski definition) is 2. The average Bonchev–Trinajstić information content (AvgIpc) is 2.68. The third kappa shape index (κ3) is 2.06. The number of aromatic nitrogens is 2. The molecular weight excluding hydrogens is 198 g/mol. The molecule has 0 N–H and O–H groups in total. The van der Waals surface area contributed by atoms with Crippen LogP contribution in [0.4, 0.5) is 0 Å².